The number of rotatable bonds is 12. The van der Waals surface area contributed by atoms with Crippen molar-refractivity contribution >= 4 is 93.5 Å². The molecule has 5 rings (SSSR count). The van der Waals surface area contributed by atoms with Gasteiger partial charge in [-0.1, -0.05) is 83.4 Å². The molecule has 3 heterocycles. The lowest BCUT2D eigenvalue weighted by molar-refractivity contribution is -0.184. The number of terminal acetylenes is 1. The molecule has 0 bridgehead atoms. The molecule has 2 saturated carbocycles. The quantitative estimate of drug-likeness (QED) is 0.111. The molecule has 5 fully saturated rings. The summed E-state index contributed by atoms with van der Waals surface area (Å²) >= 11 is 2.35. The third kappa shape index (κ3) is 21.4. The molecule has 98 heavy (non-hydrogen) atoms. The summed E-state index contributed by atoms with van der Waals surface area (Å²) < 4.78 is 42.1. The van der Waals surface area contributed by atoms with E-state index in [0.717, 1.165) is 40.4 Å². The lowest BCUT2D eigenvalue weighted by Crippen LogP contribution is -2.65. The van der Waals surface area contributed by atoms with Crippen molar-refractivity contribution in [3.8, 4) is 12.3 Å². The second kappa shape index (κ2) is 36.4. The summed E-state index contributed by atoms with van der Waals surface area (Å²) in [6.45, 7) is 15.4. The average molecular weight is 1500 g/mol. The fourth-order valence-electron chi connectivity index (χ4n) is 14.1. The van der Waals surface area contributed by atoms with Crippen molar-refractivity contribution in [2.75, 3.05) is 68.5 Å². The molecule has 24 nitrogen and oxygen atoms in total. The topological polar surface area (TPSA) is 279 Å². The van der Waals surface area contributed by atoms with Gasteiger partial charge in [0.15, 0.2) is 0 Å². The van der Waals surface area contributed by atoms with Gasteiger partial charge in [-0.2, -0.15) is 13.2 Å². The van der Waals surface area contributed by atoms with Crippen LogP contribution in [0.25, 0.3) is 0 Å². The molecule has 12 amide bonds. The lowest BCUT2D eigenvalue weighted by Gasteiger charge is -2.45. The molecule has 12 atom stereocenters. The van der Waals surface area contributed by atoms with Gasteiger partial charge in [-0.05, 0) is 140 Å². The van der Waals surface area contributed by atoms with Crippen LogP contribution in [-0.2, 0) is 57.5 Å². The zero-order valence-electron chi connectivity index (χ0n) is 60.6. The Hall–Kier alpha value is -6.28. The van der Waals surface area contributed by atoms with E-state index in [0.29, 0.717) is 38.8 Å². The van der Waals surface area contributed by atoms with Gasteiger partial charge in [-0.3, -0.25) is 57.5 Å². The Bertz CT molecular complexity index is 2900. The second-order valence-corrected chi connectivity index (χ2v) is 31.5. The van der Waals surface area contributed by atoms with Crippen molar-refractivity contribution < 1.29 is 70.7 Å². The zero-order chi connectivity index (χ0) is 73.6. The number of carbonyl (C=O) groups excluding carboxylic acids is 12. The highest BCUT2D eigenvalue weighted by Crippen LogP contribution is 2.41. The van der Waals surface area contributed by atoms with Crippen LogP contribution in [-0.4, -0.2) is 249 Å². The van der Waals surface area contributed by atoms with Crippen LogP contribution in [0.5, 0.6) is 0 Å². The standard InChI is InChI=1S/C70H112F3IN12O12/c1-17-23-49-63(93)84(16)69(9,10)68(98)77-51(34-41(3)4)62(92)82(14)55(66(96)85-31-20-19-21-32-85)39-57(88)81(13)53(35-42(5)6)60(90)78-58(43(7)18-2)67(97)80(12)44(8)61(91)86-33-30-52(86)65(95)83(15)54(38-45-26-28-47(29-27-45)70(71,72)73)64(94)79(11)40-56(87)75-50(59(89)76-49)37-46-24-22-25-48(74)36-46/h1,41-55,58H,18-40H2,2-16H3,(H,75,87)(H,76,89)(H,77,98)(H,78,90)/t43-,44-,45?,46?,47?,48?,49-,50-,51-,52-,53-,54-,55-,58-/m0/s1. The highest BCUT2D eigenvalue weighted by molar-refractivity contribution is 14.1. The first kappa shape index (κ1) is 82.4. The Morgan fingerprint density at radius 1 is 0.633 bits per heavy atom. The van der Waals surface area contributed by atoms with Gasteiger partial charge in [0.05, 0.1) is 18.9 Å². The van der Waals surface area contributed by atoms with E-state index in [1.165, 1.54) is 82.7 Å². The smallest absolute Gasteiger partial charge is 0.343 e. The summed E-state index contributed by atoms with van der Waals surface area (Å²) in [5.74, 6) is -9.06. The van der Waals surface area contributed by atoms with Crippen LogP contribution in [0.4, 0.5) is 13.2 Å². The molecule has 3 aliphatic heterocycles. The molecule has 0 aromatic rings. The van der Waals surface area contributed by atoms with Gasteiger partial charge >= 0.3 is 6.18 Å². The highest BCUT2D eigenvalue weighted by Gasteiger charge is 2.49. The van der Waals surface area contributed by atoms with E-state index in [4.69, 9.17) is 6.42 Å². The summed E-state index contributed by atoms with van der Waals surface area (Å²) in [6, 6.07) is -11.7. The van der Waals surface area contributed by atoms with Gasteiger partial charge in [0.1, 0.15) is 59.9 Å². The van der Waals surface area contributed by atoms with Gasteiger partial charge < -0.3 is 60.5 Å². The number of halogens is 4. The molecule has 0 aromatic carbocycles. The van der Waals surface area contributed by atoms with E-state index in [9.17, 15) is 65.9 Å². The van der Waals surface area contributed by atoms with Crippen LogP contribution in [0, 0.1) is 47.9 Å². The summed E-state index contributed by atoms with van der Waals surface area (Å²) in [6.07, 6.45) is 6.44. The normalized spacial score (nSPS) is 30.5. The Kier molecular flexibility index (Phi) is 30.6. The number of alkyl halides is 4. The average Bonchev–Trinajstić information content (AvgIpc) is 0.783. The fourth-order valence-corrected chi connectivity index (χ4v) is 15.2. The van der Waals surface area contributed by atoms with Gasteiger partial charge in [-0.25, -0.2) is 0 Å². The molecular formula is C70H112F3IN12O12. The molecule has 28 heteroatoms. The molecule has 0 radical (unpaired) electrons. The molecule has 4 N–H and O–H groups in total. The first-order valence-electron chi connectivity index (χ1n) is 35.3. The maximum atomic E-state index is 15.1. The molecule has 0 spiro atoms. The predicted molar refractivity (Wildman–Crippen MR) is 372 cm³/mol. The Balaban J connectivity index is 1.61. The number of nitrogens with zero attached hydrogens (tertiary/aromatic N) is 8. The third-order valence-corrected chi connectivity index (χ3v) is 22.4. The number of hydrogen-bond acceptors (Lipinski definition) is 12. The summed E-state index contributed by atoms with van der Waals surface area (Å²) in [7, 11) is 8.22. The number of fused-ring (bicyclic) bond motifs is 1. The predicted octanol–water partition coefficient (Wildman–Crippen LogP) is 5.27. The van der Waals surface area contributed by atoms with E-state index in [1.807, 2.05) is 34.6 Å². The lowest BCUT2D eigenvalue weighted by atomic mass is 9.78. The van der Waals surface area contributed by atoms with E-state index >= 15 is 4.79 Å². The fraction of sp³-hybridized carbons (Fsp3) is 0.800. The minimum atomic E-state index is -4.42. The summed E-state index contributed by atoms with van der Waals surface area (Å²) in [5, 5.41) is 11.3. The van der Waals surface area contributed by atoms with Crippen molar-refractivity contribution in [2.24, 2.45) is 35.5 Å². The van der Waals surface area contributed by atoms with Gasteiger partial charge in [-0.15, -0.1) is 12.3 Å². The first-order valence-corrected chi connectivity index (χ1v) is 36.5. The van der Waals surface area contributed by atoms with Crippen LogP contribution in [0.1, 0.15) is 184 Å². The van der Waals surface area contributed by atoms with Crippen molar-refractivity contribution in [3.63, 3.8) is 0 Å². The van der Waals surface area contributed by atoms with Crippen molar-refractivity contribution in [3.05, 3.63) is 0 Å². The summed E-state index contributed by atoms with van der Waals surface area (Å²) in [5.41, 5.74) is -1.77. The molecule has 2 aliphatic carbocycles. The van der Waals surface area contributed by atoms with Crippen molar-refractivity contribution in [1.29, 1.82) is 0 Å². The number of likely N-dealkylation sites (N-methyl/N-ethyl adjacent to an activating group) is 6. The number of nitrogens with one attached hydrogen (secondary N) is 4. The number of likely N-dealkylation sites (tertiary alicyclic amines) is 1. The Labute approximate surface area is 592 Å². The van der Waals surface area contributed by atoms with Crippen LogP contribution < -0.4 is 21.3 Å². The van der Waals surface area contributed by atoms with Crippen LogP contribution in [0.3, 0.4) is 0 Å². The number of carbonyl (C=O) groups is 12. The minimum Gasteiger partial charge on any atom is -0.343 e. The van der Waals surface area contributed by atoms with Crippen molar-refractivity contribution in [1.82, 2.24) is 60.5 Å². The molecule has 5 aliphatic rings. The van der Waals surface area contributed by atoms with Gasteiger partial charge in [0.25, 0.3) is 0 Å². The van der Waals surface area contributed by atoms with Crippen molar-refractivity contribution in [2.45, 2.75) is 254 Å². The Morgan fingerprint density at radius 3 is 1.81 bits per heavy atom. The molecule has 552 valence electrons. The zero-order valence-corrected chi connectivity index (χ0v) is 62.7. The third-order valence-electron chi connectivity index (χ3n) is 21.3. The maximum Gasteiger partial charge on any atom is 0.391 e. The molecular weight excluding hydrogens is 1380 g/mol. The van der Waals surface area contributed by atoms with E-state index < -0.39 is 168 Å². The highest BCUT2D eigenvalue weighted by atomic mass is 127. The van der Waals surface area contributed by atoms with E-state index in [1.54, 1.807) is 11.8 Å². The van der Waals surface area contributed by atoms with E-state index in [-0.39, 0.29) is 92.4 Å². The van der Waals surface area contributed by atoms with Crippen LogP contribution in [0.15, 0.2) is 0 Å². The number of amides is 12. The van der Waals surface area contributed by atoms with Gasteiger partial charge in [0.2, 0.25) is 70.9 Å². The molecule has 3 saturated heterocycles. The largest absolute Gasteiger partial charge is 0.391 e. The molecule has 2 unspecified atom stereocenters. The number of piperidine rings is 1. The monoisotopic (exact) mass is 1500 g/mol. The van der Waals surface area contributed by atoms with Crippen LogP contribution in [0.2, 0.25) is 0 Å². The second-order valence-electron chi connectivity index (χ2n) is 29.8. The van der Waals surface area contributed by atoms with E-state index in [2.05, 4.69) is 49.8 Å². The van der Waals surface area contributed by atoms with Crippen LogP contribution >= 0.6 is 22.6 Å². The first-order chi connectivity index (χ1) is 45.8. The number of hydrogen-bond donors (Lipinski definition) is 4. The summed E-state index contributed by atoms with van der Waals surface area (Å²) in [4.78, 5) is 188. The molecule has 0 aromatic heterocycles. The Morgan fingerprint density at radius 2 is 1.26 bits per heavy atom. The minimum absolute atomic E-state index is 0.0489. The maximum absolute atomic E-state index is 15.1. The van der Waals surface area contributed by atoms with Gasteiger partial charge in [0, 0.05) is 72.3 Å². The SMILES string of the molecule is C#CC[C@@H]1NC(=O)[C@H](CC2CCCC(I)C2)NC(=O)CN(C)C(=O)[C@H](CC2CCC(C(F)(F)F)CC2)N(C)C(=O)[C@@H]2CCN2C(=O)[C@H](C)N(C)C(=O)[C@H]([C@@H](C)CC)NC(=O)[C@H](CC(C)C)N(C)C(=O)C[C@@H](C(=O)N2CCCCC2)N(C)C(=O)[C@H](CC(C)C)NC(=O)C(C)(C)N(C)C1=O.